The molecule has 3 fully saturated rings. The highest BCUT2D eigenvalue weighted by Crippen LogP contribution is 2.39. The Morgan fingerprint density at radius 1 is 1.11 bits per heavy atom. The summed E-state index contributed by atoms with van der Waals surface area (Å²) in [5.41, 5.74) is 0.828. The van der Waals surface area contributed by atoms with Crippen LogP contribution in [0.3, 0.4) is 0 Å². The molecule has 4 atom stereocenters. The van der Waals surface area contributed by atoms with E-state index in [-0.39, 0.29) is 42.9 Å². The van der Waals surface area contributed by atoms with Crippen molar-refractivity contribution in [1.82, 2.24) is 25.5 Å². The van der Waals surface area contributed by atoms with Gasteiger partial charge in [0.15, 0.2) is 17.3 Å². The van der Waals surface area contributed by atoms with Crippen molar-refractivity contribution in [2.24, 2.45) is 5.92 Å². The summed E-state index contributed by atoms with van der Waals surface area (Å²) in [6.45, 7) is 1.07. The first-order valence-electron chi connectivity index (χ1n) is 9.49. The van der Waals surface area contributed by atoms with Crippen LogP contribution in [0.5, 0.6) is 11.5 Å². The third-order valence-electron chi connectivity index (χ3n) is 5.74. The van der Waals surface area contributed by atoms with E-state index in [0.717, 1.165) is 18.4 Å². The van der Waals surface area contributed by atoms with E-state index in [9.17, 15) is 4.79 Å². The largest absolute Gasteiger partial charge is 0.454 e. The molecule has 10 heteroatoms. The average Bonchev–Trinajstić information content (AvgIpc) is 3.09. The molecular formula is C18H19N5O5. The van der Waals surface area contributed by atoms with Gasteiger partial charge in [0, 0.05) is 11.5 Å². The third kappa shape index (κ3) is 2.55. The van der Waals surface area contributed by atoms with Crippen LogP contribution in [0.25, 0.3) is 11.4 Å². The van der Waals surface area contributed by atoms with Gasteiger partial charge in [0.25, 0.3) is 0 Å². The molecule has 28 heavy (non-hydrogen) atoms. The molecule has 1 amide bonds. The number of carbonyl (C=O) groups is 1. The van der Waals surface area contributed by atoms with E-state index >= 15 is 0 Å². The van der Waals surface area contributed by atoms with Crippen LogP contribution in [0.4, 0.5) is 0 Å². The van der Waals surface area contributed by atoms with Crippen LogP contribution in [0.2, 0.25) is 0 Å². The summed E-state index contributed by atoms with van der Waals surface area (Å²) in [4.78, 5) is 12.1. The number of tetrazole rings is 1. The molecule has 3 aliphatic heterocycles. The van der Waals surface area contributed by atoms with Gasteiger partial charge in [0.1, 0.15) is 18.2 Å². The zero-order valence-corrected chi connectivity index (χ0v) is 15.0. The summed E-state index contributed by atoms with van der Waals surface area (Å²) < 4.78 is 24.6. The summed E-state index contributed by atoms with van der Waals surface area (Å²) in [6, 6.07) is 5.32. The number of nitrogens with zero attached hydrogens (tertiary/aromatic N) is 4. The second-order valence-electron chi connectivity index (χ2n) is 7.57. The molecule has 2 aromatic rings. The maximum atomic E-state index is 12.1. The number of hydrogen-bond acceptors (Lipinski definition) is 8. The van der Waals surface area contributed by atoms with Crippen molar-refractivity contribution in [3.8, 4) is 22.9 Å². The standard InChI is InChI=1S/C18H19N5O5/c24-18(9-1-2-9)19-11-6-25-16-12(7-26-15(11)16)23-17(20-21-22-23)10-3-4-13-14(5-10)28-8-27-13/h3-5,9,11-12,15-16H,1-2,6-8H2,(H,19,24)/t11-,12+,15-,16+/m0/s1. The van der Waals surface area contributed by atoms with Gasteiger partial charge in [-0.2, -0.15) is 0 Å². The van der Waals surface area contributed by atoms with E-state index in [2.05, 4.69) is 20.8 Å². The molecule has 2 saturated heterocycles. The average molecular weight is 385 g/mol. The van der Waals surface area contributed by atoms with Gasteiger partial charge in [-0.3, -0.25) is 4.79 Å². The quantitative estimate of drug-likeness (QED) is 0.800. The molecule has 1 saturated carbocycles. The molecule has 6 rings (SSSR count). The molecule has 0 unspecified atom stereocenters. The third-order valence-corrected chi connectivity index (χ3v) is 5.74. The fourth-order valence-electron chi connectivity index (χ4n) is 4.10. The van der Waals surface area contributed by atoms with Gasteiger partial charge in [0.2, 0.25) is 12.7 Å². The molecule has 1 aromatic heterocycles. The summed E-state index contributed by atoms with van der Waals surface area (Å²) in [6.07, 6.45) is 1.54. The number of hydrogen-bond donors (Lipinski definition) is 1. The lowest BCUT2D eigenvalue weighted by Crippen LogP contribution is -2.44. The molecule has 10 nitrogen and oxygen atoms in total. The lowest BCUT2D eigenvalue weighted by molar-refractivity contribution is -0.123. The Morgan fingerprint density at radius 2 is 1.96 bits per heavy atom. The number of fused-ring (bicyclic) bond motifs is 2. The van der Waals surface area contributed by atoms with E-state index in [1.807, 2.05) is 18.2 Å². The second kappa shape index (κ2) is 6.14. The van der Waals surface area contributed by atoms with Crippen molar-refractivity contribution >= 4 is 5.91 Å². The minimum absolute atomic E-state index is 0.102. The number of benzene rings is 1. The summed E-state index contributed by atoms with van der Waals surface area (Å²) in [5, 5.41) is 15.3. The molecular weight excluding hydrogens is 366 g/mol. The summed E-state index contributed by atoms with van der Waals surface area (Å²) in [5.74, 6) is 2.26. The molecule has 1 aliphatic carbocycles. The Hall–Kier alpha value is -2.72. The first-order valence-corrected chi connectivity index (χ1v) is 9.49. The van der Waals surface area contributed by atoms with Crippen molar-refractivity contribution in [3.05, 3.63) is 18.2 Å². The molecule has 0 bridgehead atoms. The van der Waals surface area contributed by atoms with E-state index in [1.54, 1.807) is 4.68 Å². The lowest BCUT2D eigenvalue weighted by atomic mass is 10.1. The van der Waals surface area contributed by atoms with Crippen molar-refractivity contribution in [2.45, 2.75) is 37.1 Å². The molecule has 4 aliphatic rings. The van der Waals surface area contributed by atoms with Crippen molar-refractivity contribution in [1.29, 1.82) is 0 Å². The molecule has 1 N–H and O–H groups in total. The number of carbonyl (C=O) groups excluding carboxylic acids is 1. The van der Waals surface area contributed by atoms with Crippen LogP contribution in [0.1, 0.15) is 18.9 Å². The Kier molecular flexibility index (Phi) is 3.57. The van der Waals surface area contributed by atoms with Crippen LogP contribution in [-0.4, -0.2) is 64.4 Å². The first-order chi connectivity index (χ1) is 13.8. The summed E-state index contributed by atoms with van der Waals surface area (Å²) >= 11 is 0. The maximum absolute atomic E-state index is 12.1. The zero-order valence-electron chi connectivity index (χ0n) is 15.0. The van der Waals surface area contributed by atoms with Gasteiger partial charge in [0.05, 0.1) is 19.3 Å². The molecule has 0 radical (unpaired) electrons. The fourth-order valence-corrected chi connectivity index (χ4v) is 4.10. The Labute approximate surface area is 160 Å². The van der Waals surface area contributed by atoms with Crippen LogP contribution >= 0.6 is 0 Å². The maximum Gasteiger partial charge on any atom is 0.231 e. The van der Waals surface area contributed by atoms with Crippen LogP contribution in [0, 0.1) is 5.92 Å². The van der Waals surface area contributed by atoms with Gasteiger partial charge >= 0.3 is 0 Å². The van der Waals surface area contributed by atoms with Gasteiger partial charge in [-0.05, 0) is 41.5 Å². The smallest absolute Gasteiger partial charge is 0.231 e. The van der Waals surface area contributed by atoms with Crippen LogP contribution < -0.4 is 14.8 Å². The predicted molar refractivity (Wildman–Crippen MR) is 92.5 cm³/mol. The van der Waals surface area contributed by atoms with Crippen LogP contribution in [-0.2, 0) is 14.3 Å². The van der Waals surface area contributed by atoms with Gasteiger partial charge < -0.3 is 24.3 Å². The molecule has 1 aromatic carbocycles. The number of aromatic nitrogens is 4. The Morgan fingerprint density at radius 3 is 2.86 bits per heavy atom. The summed E-state index contributed by atoms with van der Waals surface area (Å²) in [7, 11) is 0. The number of amides is 1. The van der Waals surface area contributed by atoms with Gasteiger partial charge in [-0.1, -0.05) is 0 Å². The van der Waals surface area contributed by atoms with E-state index in [1.165, 1.54) is 0 Å². The van der Waals surface area contributed by atoms with E-state index < -0.39 is 0 Å². The first kappa shape index (κ1) is 16.3. The second-order valence-corrected chi connectivity index (χ2v) is 7.57. The van der Waals surface area contributed by atoms with Crippen molar-refractivity contribution < 1.29 is 23.7 Å². The highest BCUT2D eigenvalue weighted by Gasteiger charge is 2.50. The lowest BCUT2D eigenvalue weighted by Gasteiger charge is -2.18. The van der Waals surface area contributed by atoms with Gasteiger partial charge in [-0.25, -0.2) is 4.68 Å². The highest BCUT2D eigenvalue weighted by molar-refractivity contribution is 5.81. The van der Waals surface area contributed by atoms with E-state index in [4.69, 9.17) is 18.9 Å². The fraction of sp³-hybridized carbons (Fsp3) is 0.556. The van der Waals surface area contributed by atoms with Gasteiger partial charge in [-0.15, -0.1) is 5.10 Å². The molecule has 4 heterocycles. The zero-order chi connectivity index (χ0) is 18.7. The Balaban J connectivity index is 1.24. The number of ether oxygens (including phenoxy) is 4. The SMILES string of the molecule is O=C(N[C@H]1CO[C@H]2[C@H]1OC[C@H]2n1nnnc1-c1ccc2c(c1)OCO2)C1CC1. The minimum atomic E-state index is -0.208. The monoisotopic (exact) mass is 385 g/mol. The van der Waals surface area contributed by atoms with Crippen molar-refractivity contribution in [3.63, 3.8) is 0 Å². The Bertz CT molecular complexity index is 929. The number of nitrogens with one attached hydrogen (secondary N) is 1. The number of rotatable bonds is 4. The highest BCUT2D eigenvalue weighted by atomic mass is 16.7. The van der Waals surface area contributed by atoms with E-state index in [0.29, 0.717) is 30.5 Å². The molecule has 0 spiro atoms. The van der Waals surface area contributed by atoms with Crippen LogP contribution in [0.15, 0.2) is 18.2 Å². The topological polar surface area (TPSA) is 110 Å². The minimum Gasteiger partial charge on any atom is -0.454 e. The molecule has 146 valence electrons. The predicted octanol–water partition coefficient (Wildman–Crippen LogP) is 0.302. The van der Waals surface area contributed by atoms with Crippen molar-refractivity contribution in [2.75, 3.05) is 20.0 Å². The normalized spacial score (nSPS) is 30.4.